The number of hydrogen-bond donors (Lipinski definition) is 1. The largest absolute Gasteiger partial charge is 0.489 e. The summed E-state index contributed by atoms with van der Waals surface area (Å²) in [4.78, 5) is 22.1. The Labute approximate surface area is 126 Å². The molecule has 110 valence electrons. The van der Waals surface area contributed by atoms with Gasteiger partial charge in [-0.15, -0.1) is 0 Å². The van der Waals surface area contributed by atoms with Crippen molar-refractivity contribution in [2.75, 3.05) is 13.2 Å². The van der Waals surface area contributed by atoms with E-state index in [0.717, 1.165) is 0 Å². The molecule has 21 heavy (non-hydrogen) atoms. The molecule has 0 fully saturated rings. The van der Waals surface area contributed by atoms with Crippen molar-refractivity contribution in [3.8, 4) is 11.8 Å². The van der Waals surface area contributed by atoms with E-state index in [1.165, 1.54) is 19.1 Å². The Hall–Kier alpha value is -2.52. The lowest BCUT2D eigenvalue weighted by molar-refractivity contribution is 0.100. The fraction of sp³-hybridized carbons (Fsp3) is 0.214. The Morgan fingerprint density at radius 3 is 2.67 bits per heavy atom. The van der Waals surface area contributed by atoms with Crippen molar-refractivity contribution in [1.29, 1.82) is 5.26 Å². The van der Waals surface area contributed by atoms with Crippen LogP contribution >= 0.6 is 11.6 Å². The molecule has 0 spiro atoms. The van der Waals surface area contributed by atoms with Crippen LogP contribution in [0.25, 0.3) is 6.08 Å². The topological polar surface area (TPSA) is 102 Å². The van der Waals surface area contributed by atoms with Crippen LogP contribution in [-0.2, 0) is 4.74 Å². The minimum atomic E-state index is -0.928. The number of ketones is 1. The standard InChI is InChI=1S/C14H13ClN2O4/c1-3-9-11(7-16)12(15)6-10(8(2)18)13(9)20-4-5-21-14(17)19/h3,6H,1,4-5H2,2H3,(H2,17,19). The molecule has 0 heterocycles. The number of ether oxygens (including phenoxy) is 2. The lowest BCUT2D eigenvalue weighted by Crippen LogP contribution is -2.18. The van der Waals surface area contributed by atoms with Crippen molar-refractivity contribution in [1.82, 2.24) is 0 Å². The predicted octanol–water partition coefficient (Wildman–Crippen LogP) is 2.53. The second-order valence-electron chi connectivity index (χ2n) is 3.91. The third-order valence-corrected chi connectivity index (χ3v) is 2.84. The maximum atomic E-state index is 11.7. The summed E-state index contributed by atoms with van der Waals surface area (Å²) in [5.74, 6) is -0.109. The number of amides is 1. The van der Waals surface area contributed by atoms with E-state index >= 15 is 0 Å². The molecule has 0 aromatic heterocycles. The molecule has 0 radical (unpaired) electrons. The first-order valence-electron chi connectivity index (χ1n) is 5.87. The molecule has 1 aromatic rings. The molecular formula is C14H13ClN2O4. The summed E-state index contributed by atoms with van der Waals surface area (Å²) in [6.45, 7) is 4.82. The van der Waals surface area contributed by atoms with E-state index in [9.17, 15) is 9.59 Å². The van der Waals surface area contributed by atoms with Crippen LogP contribution in [0.1, 0.15) is 28.4 Å². The monoisotopic (exact) mass is 308 g/mol. The number of primary amides is 1. The van der Waals surface area contributed by atoms with Gasteiger partial charge < -0.3 is 15.2 Å². The Morgan fingerprint density at radius 2 is 2.19 bits per heavy atom. The van der Waals surface area contributed by atoms with Crippen molar-refractivity contribution < 1.29 is 19.1 Å². The van der Waals surface area contributed by atoms with E-state index in [4.69, 9.17) is 27.3 Å². The van der Waals surface area contributed by atoms with Crippen molar-refractivity contribution in [3.05, 3.63) is 34.4 Å². The van der Waals surface area contributed by atoms with E-state index in [0.29, 0.717) is 5.56 Å². The molecule has 0 unspecified atom stereocenters. The van der Waals surface area contributed by atoms with Crippen LogP contribution in [0.2, 0.25) is 5.02 Å². The molecule has 1 rings (SSSR count). The molecule has 0 aliphatic carbocycles. The van der Waals surface area contributed by atoms with Gasteiger partial charge in [-0.25, -0.2) is 4.79 Å². The third kappa shape index (κ3) is 3.97. The van der Waals surface area contributed by atoms with Gasteiger partial charge in [0.1, 0.15) is 25.0 Å². The van der Waals surface area contributed by atoms with Crippen molar-refractivity contribution in [2.45, 2.75) is 6.92 Å². The molecule has 1 aromatic carbocycles. The van der Waals surface area contributed by atoms with E-state index in [1.54, 1.807) is 0 Å². The first-order valence-corrected chi connectivity index (χ1v) is 6.25. The van der Waals surface area contributed by atoms with Crippen LogP contribution in [0.4, 0.5) is 4.79 Å². The van der Waals surface area contributed by atoms with Gasteiger partial charge in [0.25, 0.3) is 0 Å². The van der Waals surface area contributed by atoms with E-state index in [-0.39, 0.29) is 40.9 Å². The second-order valence-corrected chi connectivity index (χ2v) is 4.32. The zero-order chi connectivity index (χ0) is 16.0. The average molecular weight is 309 g/mol. The van der Waals surface area contributed by atoms with Gasteiger partial charge in [-0.3, -0.25) is 4.79 Å². The first kappa shape index (κ1) is 16.5. The molecule has 0 bridgehead atoms. The molecule has 1 amide bonds. The minimum Gasteiger partial charge on any atom is -0.489 e. The maximum Gasteiger partial charge on any atom is 0.404 e. The fourth-order valence-corrected chi connectivity index (χ4v) is 1.92. The lowest BCUT2D eigenvalue weighted by atomic mass is 10.0. The van der Waals surface area contributed by atoms with E-state index in [2.05, 4.69) is 11.3 Å². The normalized spacial score (nSPS) is 9.57. The quantitative estimate of drug-likeness (QED) is 0.642. The van der Waals surface area contributed by atoms with Crippen LogP contribution in [0.3, 0.4) is 0 Å². The van der Waals surface area contributed by atoms with Gasteiger partial charge in [0.2, 0.25) is 0 Å². The number of carbonyl (C=O) groups excluding carboxylic acids is 2. The molecule has 7 heteroatoms. The molecule has 0 aliphatic rings. The number of nitriles is 1. The zero-order valence-corrected chi connectivity index (χ0v) is 12.1. The predicted molar refractivity (Wildman–Crippen MR) is 77.3 cm³/mol. The minimum absolute atomic E-state index is 0.0312. The van der Waals surface area contributed by atoms with Crippen LogP contribution in [0.5, 0.6) is 5.75 Å². The van der Waals surface area contributed by atoms with Gasteiger partial charge in [0.05, 0.1) is 16.1 Å². The van der Waals surface area contributed by atoms with Crippen LogP contribution < -0.4 is 10.5 Å². The van der Waals surface area contributed by atoms with Gasteiger partial charge in [0.15, 0.2) is 5.78 Å². The second kappa shape index (κ2) is 7.31. The van der Waals surface area contributed by atoms with Gasteiger partial charge in [-0.05, 0) is 13.0 Å². The smallest absolute Gasteiger partial charge is 0.404 e. The Bertz CT molecular complexity index is 635. The summed E-state index contributed by atoms with van der Waals surface area (Å²) in [7, 11) is 0. The number of nitrogens with two attached hydrogens (primary N) is 1. The van der Waals surface area contributed by atoms with Crippen LogP contribution in [0, 0.1) is 11.3 Å². The summed E-state index contributed by atoms with van der Waals surface area (Å²) in [6, 6.07) is 3.29. The SMILES string of the molecule is C=Cc1c(C#N)c(Cl)cc(C(C)=O)c1OCCOC(N)=O. The average Bonchev–Trinajstić information content (AvgIpc) is 2.42. The van der Waals surface area contributed by atoms with Crippen molar-refractivity contribution >= 4 is 29.6 Å². The number of benzene rings is 1. The highest BCUT2D eigenvalue weighted by Crippen LogP contribution is 2.34. The molecule has 0 saturated heterocycles. The Balaban J connectivity index is 3.20. The van der Waals surface area contributed by atoms with Gasteiger partial charge in [-0.2, -0.15) is 5.26 Å². The highest BCUT2D eigenvalue weighted by Gasteiger charge is 2.19. The number of Topliss-reactive ketones (excluding diaryl/α,β-unsaturated/α-hetero) is 1. The molecule has 6 nitrogen and oxygen atoms in total. The fourth-order valence-electron chi connectivity index (χ4n) is 1.66. The van der Waals surface area contributed by atoms with Crippen molar-refractivity contribution in [3.63, 3.8) is 0 Å². The third-order valence-electron chi connectivity index (χ3n) is 2.54. The lowest BCUT2D eigenvalue weighted by Gasteiger charge is -2.15. The summed E-state index contributed by atoms with van der Waals surface area (Å²) < 4.78 is 9.96. The van der Waals surface area contributed by atoms with Gasteiger partial charge in [-0.1, -0.05) is 24.3 Å². The van der Waals surface area contributed by atoms with Crippen molar-refractivity contribution in [2.24, 2.45) is 5.73 Å². The molecule has 0 atom stereocenters. The number of carbonyl (C=O) groups is 2. The number of rotatable bonds is 6. The molecule has 2 N–H and O–H groups in total. The van der Waals surface area contributed by atoms with E-state index in [1.807, 2.05) is 6.07 Å². The summed E-state index contributed by atoms with van der Waals surface area (Å²) in [6.07, 6.45) is 0.449. The van der Waals surface area contributed by atoms with Gasteiger partial charge >= 0.3 is 6.09 Å². The summed E-state index contributed by atoms with van der Waals surface area (Å²) in [5, 5.41) is 9.26. The molecular weight excluding hydrogens is 296 g/mol. The summed E-state index contributed by atoms with van der Waals surface area (Å²) in [5.41, 5.74) is 5.51. The van der Waals surface area contributed by atoms with Crippen LogP contribution in [0.15, 0.2) is 12.6 Å². The molecule has 0 aliphatic heterocycles. The summed E-state index contributed by atoms with van der Waals surface area (Å²) >= 11 is 5.97. The number of nitrogens with zero attached hydrogens (tertiary/aromatic N) is 1. The number of hydrogen-bond acceptors (Lipinski definition) is 5. The maximum absolute atomic E-state index is 11.7. The highest BCUT2D eigenvalue weighted by molar-refractivity contribution is 6.32. The Morgan fingerprint density at radius 1 is 1.52 bits per heavy atom. The molecule has 0 saturated carbocycles. The van der Waals surface area contributed by atoms with E-state index < -0.39 is 6.09 Å². The van der Waals surface area contributed by atoms with Crippen LogP contribution in [-0.4, -0.2) is 25.1 Å². The first-order chi connectivity index (χ1) is 9.92. The Kier molecular flexibility index (Phi) is 5.76. The van der Waals surface area contributed by atoms with Gasteiger partial charge in [0, 0.05) is 5.56 Å². The number of halogens is 1. The highest BCUT2D eigenvalue weighted by atomic mass is 35.5. The zero-order valence-electron chi connectivity index (χ0n) is 11.3.